The molecule has 0 radical (unpaired) electrons. The molecule has 14 heavy (non-hydrogen) atoms. The first kappa shape index (κ1) is 11.1. The molecule has 0 aliphatic rings. The summed E-state index contributed by atoms with van der Waals surface area (Å²) in [5.41, 5.74) is 1.26. The molecule has 0 bridgehead atoms. The van der Waals surface area contributed by atoms with E-state index in [-0.39, 0.29) is 0 Å². The van der Waals surface area contributed by atoms with Gasteiger partial charge in [0.25, 0.3) is 0 Å². The zero-order valence-corrected chi connectivity index (χ0v) is 9.21. The summed E-state index contributed by atoms with van der Waals surface area (Å²) in [4.78, 5) is 0. The highest BCUT2D eigenvalue weighted by Gasteiger charge is 2.01. The van der Waals surface area contributed by atoms with Crippen molar-refractivity contribution in [1.82, 2.24) is 5.32 Å². The maximum atomic E-state index is 5.72. The zero-order valence-electron chi connectivity index (χ0n) is 9.21. The summed E-state index contributed by atoms with van der Waals surface area (Å²) >= 11 is 0. The molecule has 1 aromatic rings. The largest absolute Gasteiger partial charge is 0.491 e. The summed E-state index contributed by atoms with van der Waals surface area (Å²) in [6, 6.07) is 8.22. The van der Waals surface area contributed by atoms with E-state index in [2.05, 4.69) is 31.3 Å². The summed E-state index contributed by atoms with van der Waals surface area (Å²) < 4.78 is 5.72. The Bertz CT molecular complexity index is 273. The summed E-state index contributed by atoms with van der Waals surface area (Å²) in [6.45, 7) is 5.10. The monoisotopic (exact) mass is 193 g/mol. The van der Waals surface area contributed by atoms with E-state index in [1.807, 2.05) is 19.2 Å². The van der Waals surface area contributed by atoms with Gasteiger partial charge in [-0.05, 0) is 38.1 Å². The van der Waals surface area contributed by atoms with Gasteiger partial charge in [-0.15, -0.1) is 0 Å². The third-order valence-electron chi connectivity index (χ3n) is 2.19. The Morgan fingerprint density at radius 3 is 2.86 bits per heavy atom. The predicted molar refractivity (Wildman–Crippen MR) is 59.6 cm³/mol. The van der Waals surface area contributed by atoms with Crippen LogP contribution in [0.25, 0.3) is 0 Å². The van der Waals surface area contributed by atoms with E-state index in [4.69, 9.17) is 4.74 Å². The maximum absolute atomic E-state index is 5.72. The standard InChI is InChI=1S/C12H19NO/c1-4-10(2)14-12-7-5-6-11(8-12)9-13-3/h5-8,10,13H,4,9H2,1-3H3. The second-order valence-corrected chi connectivity index (χ2v) is 3.51. The van der Waals surface area contributed by atoms with Crippen LogP contribution in [0, 0.1) is 0 Å². The van der Waals surface area contributed by atoms with Gasteiger partial charge in [-0.1, -0.05) is 19.1 Å². The van der Waals surface area contributed by atoms with Crippen molar-refractivity contribution in [2.75, 3.05) is 7.05 Å². The van der Waals surface area contributed by atoms with E-state index < -0.39 is 0 Å². The minimum Gasteiger partial charge on any atom is -0.491 e. The zero-order chi connectivity index (χ0) is 10.4. The van der Waals surface area contributed by atoms with Crippen LogP contribution in [0.1, 0.15) is 25.8 Å². The van der Waals surface area contributed by atoms with Crippen molar-refractivity contribution in [2.24, 2.45) is 0 Å². The van der Waals surface area contributed by atoms with E-state index >= 15 is 0 Å². The molecule has 1 N–H and O–H groups in total. The Kier molecular flexibility index (Phi) is 4.47. The van der Waals surface area contributed by atoms with Crippen LogP contribution in [0.15, 0.2) is 24.3 Å². The average molecular weight is 193 g/mol. The molecule has 2 heteroatoms. The molecule has 0 fully saturated rings. The van der Waals surface area contributed by atoms with Crippen LogP contribution in [-0.4, -0.2) is 13.2 Å². The lowest BCUT2D eigenvalue weighted by Gasteiger charge is -2.13. The highest BCUT2D eigenvalue weighted by molar-refractivity contribution is 5.28. The Morgan fingerprint density at radius 2 is 2.21 bits per heavy atom. The smallest absolute Gasteiger partial charge is 0.120 e. The van der Waals surface area contributed by atoms with Crippen molar-refractivity contribution in [3.05, 3.63) is 29.8 Å². The summed E-state index contributed by atoms with van der Waals surface area (Å²) in [5, 5.41) is 3.12. The van der Waals surface area contributed by atoms with E-state index in [1.165, 1.54) is 5.56 Å². The van der Waals surface area contributed by atoms with Gasteiger partial charge in [0.1, 0.15) is 5.75 Å². The van der Waals surface area contributed by atoms with E-state index in [0.717, 1.165) is 18.7 Å². The third kappa shape index (κ3) is 3.38. The van der Waals surface area contributed by atoms with Crippen molar-refractivity contribution in [3.8, 4) is 5.75 Å². The van der Waals surface area contributed by atoms with Crippen LogP contribution >= 0.6 is 0 Å². The van der Waals surface area contributed by atoms with Gasteiger partial charge < -0.3 is 10.1 Å². The second-order valence-electron chi connectivity index (χ2n) is 3.51. The lowest BCUT2D eigenvalue weighted by molar-refractivity contribution is 0.217. The molecule has 2 nitrogen and oxygen atoms in total. The first-order valence-corrected chi connectivity index (χ1v) is 5.16. The first-order valence-electron chi connectivity index (χ1n) is 5.16. The molecule has 1 atom stereocenters. The van der Waals surface area contributed by atoms with E-state index in [0.29, 0.717) is 6.10 Å². The molecule has 0 aliphatic heterocycles. The van der Waals surface area contributed by atoms with Gasteiger partial charge in [-0.3, -0.25) is 0 Å². The average Bonchev–Trinajstić information content (AvgIpc) is 2.19. The fraction of sp³-hybridized carbons (Fsp3) is 0.500. The van der Waals surface area contributed by atoms with Gasteiger partial charge in [0, 0.05) is 6.54 Å². The number of hydrogen-bond acceptors (Lipinski definition) is 2. The van der Waals surface area contributed by atoms with Crippen LogP contribution in [0.2, 0.25) is 0 Å². The highest BCUT2D eigenvalue weighted by atomic mass is 16.5. The third-order valence-corrected chi connectivity index (χ3v) is 2.19. The molecule has 1 unspecified atom stereocenters. The van der Waals surface area contributed by atoms with Gasteiger partial charge in [-0.25, -0.2) is 0 Å². The molecule has 0 saturated heterocycles. The lowest BCUT2D eigenvalue weighted by Crippen LogP contribution is -2.10. The number of hydrogen-bond donors (Lipinski definition) is 1. The van der Waals surface area contributed by atoms with Crippen LogP contribution in [0.4, 0.5) is 0 Å². The van der Waals surface area contributed by atoms with Gasteiger partial charge in [0.05, 0.1) is 6.10 Å². The van der Waals surface area contributed by atoms with Crippen LogP contribution in [0.3, 0.4) is 0 Å². The Hall–Kier alpha value is -1.02. The number of rotatable bonds is 5. The number of nitrogens with one attached hydrogen (secondary N) is 1. The SMILES string of the molecule is CCC(C)Oc1cccc(CNC)c1. The van der Waals surface area contributed by atoms with E-state index in [9.17, 15) is 0 Å². The minimum absolute atomic E-state index is 0.292. The molecule has 0 aromatic heterocycles. The topological polar surface area (TPSA) is 21.3 Å². The quantitative estimate of drug-likeness (QED) is 0.776. The maximum Gasteiger partial charge on any atom is 0.120 e. The molecule has 78 valence electrons. The Labute approximate surface area is 86.3 Å². The lowest BCUT2D eigenvalue weighted by atomic mass is 10.2. The van der Waals surface area contributed by atoms with Gasteiger partial charge in [0.2, 0.25) is 0 Å². The Morgan fingerprint density at radius 1 is 1.43 bits per heavy atom. The first-order chi connectivity index (χ1) is 6.76. The van der Waals surface area contributed by atoms with Crippen molar-refractivity contribution < 1.29 is 4.74 Å². The van der Waals surface area contributed by atoms with Crippen LogP contribution in [0.5, 0.6) is 5.75 Å². The fourth-order valence-electron chi connectivity index (χ4n) is 1.25. The van der Waals surface area contributed by atoms with E-state index in [1.54, 1.807) is 0 Å². The molecule has 0 amide bonds. The minimum atomic E-state index is 0.292. The summed E-state index contributed by atoms with van der Waals surface area (Å²) in [5.74, 6) is 0.965. The molecule has 0 spiro atoms. The van der Waals surface area contributed by atoms with Crippen molar-refractivity contribution in [1.29, 1.82) is 0 Å². The summed E-state index contributed by atoms with van der Waals surface area (Å²) in [7, 11) is 1.95. The molecular weight excluding hydrogens is 174 g/mol. The fourth-order valence-corrected chi connectivity index (χ4v) is 1.25. The van der Waals surface area contributed by atoms with Crippen molar-refractivity contribution in [3.63, 3.8) is 0 Å². The number of benzene rings is 1. The normalized spacial score (nSPS) is 12.5. The van der Waals surface area contributed by atoms with Gasteiger partial charge >= 0.3 is 0 Å². The van der Waals surface area contributed by atoms with Crippen molar-refractivity contribution >= 4 is 0 Å². The molecule has 0 heterocycles. The molecule has 0 aliphatic carbocycles. The van der Waals surface area contributed by atoms with Crippen molar-refractivity contribution in [2.45, 2.75) is 32.9 Å². The summed E-state index contributed by atoms with van der Waals surface area (Å²) in [6.07, 6.45) is 1.33. The van der Waals surface area contributed by atoms with Crippen LogP contribution < -0.4 is 10.1 Å². The van der Waals surface area contributed by atoms with Crippen LogP contribution in [-0.2, 0) is 6.54 Å². The molecule has 1 aromatic carbocycles. The predicted octanol–water partition coefficient (Wildman–Crippen LogP) is 2.58. The highest BCUT2D eigenvalue weighted by Crippen LogP contribution is 2.15. The van der Waals surface area contributed by atoms with Gasteiger partial charge in [-0.2, -0.15) is 0 Å². The second kappa shape index (κ2) is 5.66. The molecular formula is C12H19NO. The molecule has 1 rings (SSSR count). The van der Waals surface area contributed by atoms with Gasteiger partial charge in [0.15, 0.2) is 0 Å². The Balaban J connectivity index is 2.63. The molecule has 0 saturated carbocycles. The number of ether oxygens (including phenoxy) is 1.